The number of nitrogens with zero attached hydrogens (tertiary/aromatic N) is 1. The number of carbonyl (C=O) groups is 1. The number of rotatable bonds is 4. The van der Waals surface area contributed by atoms with E-state index in [1.54, 1.807) is 13.0 Å². The summed E-state index contributed by atoms with van der Waals surface area (Å²) in [6.45, 7) is 1.82. The zero-order valence-corrected chi connectivity index (χ0v) is 10.3. The fourth-order valence-electron chi connectivity index (χ4n) is 1.09. The van der Waals surface area contributed by atoms with Gasteiger partial charge in [-0.2, -0.15) is 5.26 Å². The van der Waals surface area contributed by atoms with Gasteiger partial charge in [0.15, 0.2) is 5.57 Å². The summed E-state index contributed by atoms with van der Waals surface area (Å²) in [5, 5.41) is 11.4. The van der Waals surface area contributed by atoms with Gasteiger partial charge in [-0.25, -0.2) is 9.18 Å². The van der Waals surface area contributed by atoms with Gasteiger partial charge in [-0.1, -0.05) is 11.6 Å². The standard InChI is InChI=1S/C12H10ClFN2O2/c1-2-18-12(17)8(6-15)7-16-9-3-4-11(14)10(13)5-9/h3-5,7,16H,2H2,1H3/b8-7-. The maximum atomic E-state index is 12.9. The summed E-state index contributed by atoms with van der Waals surface area (Å²) < 4.78 is 17.6. The Hall–Kier alpha value is -2.06. The summed E-state index contributed by atoms with van der Waals surface area (Å²) >= 11 is 5.58. The molecule has 0 radical (unpaired) electrons. The molecule has 0 spiro atoms. The third-order valence-corrected chi connectivity index (χ3v) is 2.21. The molecule has 0 amide bonds. The Morgan fingerprint density at radius 3 is 2.94 bits per heavy atom. The number of halogens is 2. The Morgan fingerprint density at radius 1 is 1.67 bits per heavy atom. The summed E-state index contributed by atoms with van der Waals surface area (Å²) in [5.41, 5.74) is 0.274. The van der Waals surface area contributed by atoms with Gasteiger partial charge in [-0.15, -0.1) is 0 Å². The Labute approximate surface area is 109 Å². The minimum Gasteiger partial charge on any atom is -0.462 e. The SMILES string of the molecule is CCOC(=O)/C(C#N)=C\Nc1ccc(F)c(Cl)c1. The van der Waals surface area contributed by atoms with E-state index in [0.29, 0.717) is 5.69 Å². The number of carbonyl (C=O) groups excluding carboxylic acids is 1. The van der Waals surface area contributed by atoms with E-state index in [1.165, 1.54) is 24.4 Å². The smallest absolute Gasteiger partial charge is 0.350 e. The fraction of sp³-hybridized carbons (Fsp3) is 0.167. The molecule has 18 heavy (non-hydrogen) atoms. The monoisotopic (exact) mass is 268 g/mol. The molecule has 0 fully saturated rings. The number of ether oxygens (including phenoxy) is 1. The molecule has 94 valence electrons. The van der Waals surface area contributed by atoms with Gasteiger partial charge in [-0.3, -0.25) is 0 Å². The number of nitriles is 1. The number of anilines is 1. The van der Waals surface area contributed by atoms with Crippen molar-refractivity contribution in [1.82, 2.24) is 0 Å². The predicted molar refractivity (Wildman–Crippen MR) is 65.4 cm³/mol. The first-order chi connectivity index (χ1) is 8.58. The highest BCUT2D eigenvalue weighted by molar-refractivity contribution is 6.31. The summed E-state index contributed by atoms with van der Waals surface area (Å²) in [6.07, 6.45) is 1.18. The van der Waals surface area contributed by atoms with E-state index in [9.17, 15) is 9.18 Å². The van der Waals surface area contributed by atoms with E-state index in [1.807, 2.05) is 0 Å². The molecule has 0 aliphatic carbocycles. The maximum Gasteiger partial charge on any atom is 0.350 e. The van der Waals surface area contributed by atoms with Gasteiger partial charge in [0.05, 0.1) is 11.6 Å². The molecule has 0 saturated carbocycles. The highest BCUT2D eigenvalue weighted by atomic mass is 35.5. The maximum absolute atomic E-state index is 12.9. The van der Waals surface area contributed by atoms with Crippen molar-refractivity contribution in [2.45, 2.75) is 6.92 Å². The number of esters is 1. The second-order valence-corrected chi connectivity index (χ2v) is 3.57. The second kappa shape index (κ2) is 6.62. The van der Waals surface area contributed by atoms with Crippen LogP contribution in [0.1, 0.15) is 6.92 Å². The van der Waals surface area contributed by atoms with Crippen LogP contribution in [-0.2, 0) is 9.53 Å². The van der Waals surface area contributed by atoms with E-state index >= 15 is 0 Å². The molecule has 6 heteroatoms. The largest absolute Gasteiger partial charge is 0.462 e. The quantitative estimate of drug-likeness (QED) is 0.518. The molecule has 0 heterocycles. The first-order valence-corrected chi connectivity index (χ1v) is 5.45. The molecule has 1 aromatic rings. The molecule has 1 N–H and O–H groups in total. The molecule has 0 atom stereocenters. The predicted octanol–water partition coefficient (Wildman–Crippen LogP) is 2.86. The molecule has 4 nitrogen and oxygen atoms in total. The number of benzene rings is 1. The van der Waals surface area contributed by atoms with Crippen molar-refractivity contribution < 1.29 is 13.9 Å². The van der Waals surface area contributed by atoms with E-state index in [-0.39, 0.29) is 17.2 Å². The summed E-state index contributed by atoms with van der Waals surface area (Å²) in [4.78, 5) is 11.3. The third-order valence-electron chi connectivity index (χ3n) is 1.92. The molecule has 0 bridgehead atoms. The van der Waals surface area contributed by atoms with Gasteiger partial charge in [0.2, 0.25) is 0 Å². The highest BCUT2D eigenvalue weighted by Crippen LogP contribution is 2.19. The van der Waals surface area contributed by atoms with Crippen LogP contribution in [0.2, 0.25) is 5.02 Å². The normalized spacial score (nSPS) is 10.7. The van der Waals surface area contributed by atoms with Crippen molar-refractivity contribution in [2.75, 3.05) is 11.9 Å². The fourth-order valence-corrected chi connectivity index (χ4v) is 1.27. The number of hydrogen-bond acceptors (Lipinski definition) is 4. The lowest BCUT2D eigenvalue weighted by Crippen LogP contribution is -2.07. The summed E-state index contributed by atoms with van der Waals surface area (Å²) in [6, 6.07) is 5.64. The van der Waals surface area contributed by atoms with Crippen LogP contribution in [0.5, 0.6) is 0 Å². The van der Waals surface area contributed by atoms with Crippen molar-refractivity contribution in [2.24, 2.45) is 0 Å². The second-order valence-electron chi connectivity index (χ2n) is 3.16. The lowest BCUT2D eigenvalue weighted by Gasteiger charge is -2.03. The minimum absolute atomic E-state index is 0.0527. The van der Waals surface area contributed by atoms with Gasteiger partial charge in [0.1, 0.15) is 11.9 Å². The summed E-state index contributed by atoms with van der Waals surface area (Å²) in [7, 11) is 0. The van der Waals surface area contributed by atoms with Gasteiger partial charge >= 0.3 is 5.97 Å². The molecular formula is C12H10ClFN2O2. The van der Waals surface area contributed by atoms with Crippen molar-refractivity contribution in [3.8, 4) is 6.07 Å². The van der Waals surface area contributed by atoms with E-state index < -0.39 is 11.8 Å². The Kier molecular flexibility index (Phi) is 5.15. The Bertz CT molecular complexity index is 523. The molecule has 1 aromatic carbocycles. The van der Waals surface area contributed by atoms with E-state index in [0.717, 1.165) is 0 Å². The first kappa shape index (κ1) is 14.0. The number of hydrogen-bond donors (Lipinski definition) is 1. The molecule has 0 saturated heterocycles. The van der Waals surface area contributed by atoms with Crippen LogP contribution in [0, 0.1) is 17.1 Å². The average Bonchev–Trinajstić information content (AvgIpc) is 2.34. The minimum atomic E-state index is -0.722. The van der Waals surface area contributed by atoms with Gasteiger partial charge < -0.3 is 10.1 Å². The third kappa shape index (κ3) is 3.75. The lowest BCUT2D eigenvalue weighted by molar-refractivity contribution is -0.138. The number of nitrogens with one attached hydrogen (secondary N) is 1. The van der Waals surface area contributed by atoms with Crippen LogP contribution < -0.4 is 5.32 Å². The molecule has 0 aliphatic heterocycles. The van der Waals surface area contributed by atoms with Gasteiger partial charge in [0, 0.05) is 11.9 Å². The van der Waals surface area contributed by atoms with Crippen molar-refractivity contribution in [3.05, 3.63) is 40.8 Å². The van der Waals surface area contributed by atoms with Crippen LogP contribution in [0.4, 0.5) is 10.1 Å². The Balaban J connectivity index is 2.80. The molecule has 1 rings (SSSR count). The first-order valence-electron chi connectivity index (χ1n) is 5.07. The van der Waals surface area contributed by atoms with Gasteiger partial charge in [-0.05, 0) is 25.1 Å². The van der Waals surface area contributed by atoms with Crippen LogP contribution in [0.25, 0.3) is 0 Å². The zero-order chi connectivity index (χ0) is 13.5. The Morgan fingerprint density at radius 2 is 2.39 bits per heavy atom. The van der Waals surface area contributed by atoms with Crippen LogP contribution in [0.15, 0.2) is 30.0 Å². The zero-order valence-electron chi connectivity index (χ0n) is 9.54. The molecule has 0 aromatic heterocycles. The summed E-state index contributed by atoms with van der Waals surface area (Å²) in [5.74, 6) is -1.27. The van der Waals surface area contributed by atoms with Crippen molar-refractivity contribution >= 4 is 23.3 Å². The van der Waals surface area contributed by atoms with Gasteiger partial charge in [0.25, 0.3) is 0 Å². The highest BCUT2D eigenvalue weighted by Gasteiger charge is 2.09. The van der Waals surface area contributed by atoms with Crippen LogP contribution in [-0.4, -0.2) is 12.6 Å². The van der Waals surface area contributed by atoms with Crippen molar-refractivity contribution in [1.29, 1.82) is 5.26 Å². The van der Waals surface area contributed by atoms with E-state index in [4.69, 9.17) is 16.9 Å². The average molecular weight is 269 g/mol. The topological polar surface area (TPSA) is 62.1 Å². The van der Waals surface area contributed by atoms with Crippen LogP contribution in [0.3, 0.4) is 0 Å². The molecular weight excluding hydrogens is 259 g/mol. The molecule has 0 aliphatic rings. The van der Waals surface area contributed by atoms with Crippen molar-refractivity contribution in [3.63, 3.8) is 0 Å². The lowest BCUT2D eigenvalue weighted by atomic mass is 10.3. The van der Waals surface area contributed by atoms with E-state index in [2.05, 4.69) is 10.1 Å². The molecule has 0 unspecified atom stereocenters. The van der Waals surface area contributed by atoms with Crippen LogP contribution >= 0.6 is 11.6 Å².